The Morgan fingerprint density at radius 2 is 2.23 bits per heavy atom. The minimum atomic E-state index is -0.364. The first kappa shape index (κ1) is 17.8. The van der Waals surface area contributed by atoms with Gasteiger partial charge in [0, 0.05) is 53.3 Å². The van der Waals surface area contributed by atoms with Crippen LogP contribution in [-0.2, 0) is 14.3 Å². The molecule has 136 valence electrons. The molecule has 1 aliphatic rings. The third-order valence-electron chi connectivity index (χ3n) is 4.24. The van der Waals surface area contributed by atoms with Crippen LogP contribution in [0, 0.1) is 0 Å². The van der Waals surface area contributed by atoms with Crippen molar-refractivity contribution in [1.82, 2.24) is 9.88 Å². The Labute approximate surface area is 149 Å². The quantitative estimate of drug-likeness (QED) is 0.248. The lowest BCUT2D eigenvalue weighted by molar-refractivity contribution is -0.135. The van der Waals surface area contributed by atoms with Crippen molar-refractivity contribution in [2.24, 2.45) is 5.11 Å². The fraction of sp³-hybridized carbons (Fsp3) is 0.412. The van der Waals surface area contributed by atoms with Crippen LogP contribution in [0.1, 0.15) is 18.9 Å². The monoisotopic (exact) mass is 356 g/mol. The van der Waals surface area contributed by atoms with Crippen LogP contribution in [0.25, 0.3) is 21.2 Å². The molecule has 2 aromatic rings. The number of piperidine rings is 1. The number of nitrogens with zero attached hydrogens (tertiary/aromatic N) is 4. The van der Waals surface area contributed by atoms with Crippen LogP contribution in [0.15, 0.2) is 35.7 Å². The molecule has 1 aromatic carbocycles. The molecule has 1 aliphatic heterocycles. The summed E-state index contributed by atoms with van der Waals surface area (Å²) in [5.74, 6) is -0.477. The Morgan fingerprint density at radius 3 is 3.04 bits per heavy atom. The Balaban J connectivity index is 1.64. The SMILES string of the molecule is [N-]=[N+]=NCCOCCNc1cccc2cn(C3CCC(=O)NC3=O)cc12. The number of imide groups is 1. The van der Waals surface area contributed by atoms with Crippen molar-refractivity contribution in [3.63, 3.8) is 0 Å². The normalized spacial score (nSPS) is 17.0. The maximum atomic E-state index is 12.1. The summed E-state index contributed by atoms with van der Waals surface area (Å²) in [4.78, 5) is 26.1. The molecule has 2 heterocycles. The van der Waals surface area contributed by atoms with Crippen LogP contribution in [0.4, 0.5) is 5.69 Å². The summed E-state index contributed by atoms with van der Waals surface area (Å²) in [5, 5.41) is 11.1. The van der Waals surface area contributed by atoms with Gasteiger partial charge in [-0.25, -0.2) is 0 Å². The summed E-state index contributed by atoms with van der Waals surface area (Å²) in [5.41, 5.74) is 9.14. The molecule has 1 fully saturated rings. The lowest BCUT2D eigenvalue weighted by atomic mass is 10.1. The van der Waals surface area contributed by atoms with Crippen molar-refractivity contribution in [3.8, 4) is 0 Å². The van der Waals surface area contributed by atoms with E-state index in [4.69, 9.17) is 10.3 Å². The molecule has 1 unspecified atom stereocenters. The first-order valence-electron chi connectivity index (χ1n) is 8.45. The van der Waals surface area contributed by atoms with Crippen molar-refractivity contribution in [3.05, 3.63) is 41.0 Å². The number of hydrogen-bond acceptors (Lipinski definition) is 5. The van der Waals surface area contributed by atoms with E-state index >= 15 is 0 Å². The van der Waals surface area contributed by atoms with Crippen molar-refractivity contribution >= 4 is 28.3 Å². The molecule has 1 saturated heterocycles. The molecule has 1 atom stereocenters. The summed E-state index contributed by atoms with van der Waals surface area (Å²) in [6, 6.07) is 5.54. The lowest BCUT2D eigenvalue weighted by Gasteiger charge is -2.22. The fourth-order valence-corrected chi connectivity index (χ4v) is 3.00. The second-order valence-electron chi connectivity index (χ2n) is 5.97. The molecule has 0 spiro atoms. The average Bonchev–Trinajstić information content (AvgIpc) is 3.05. The van der Waals surface area contributed by atoms with E-state index in [1.807, 2.05) is 35.2 Å². The number of nitrogens with one attached hydrogen (secondary N) is 2. The maximum Gasteiger partial charge on any atom is 0.249 e. The van der Waals surface area contributed by atoms with Crippen molar-refractivity contribution in [1.29, 1.82) is 0 Å². The highest BCUT2D eigenvalue weighted by atomic mass is 16.5. The zero-order valence-electron chi connectivity index (χ0n) is 14.2. The van der Waals surface area contributed by atoms with Gasteiger partial charge in [0.25, 0.3) is 0 Å². The minimum absolute atomic E-state index is 0.217. The predicted molar refractivity (Wildman–Crippen MR) is 96.7 cm³/mol. The molecule has 26 heavy (non-hydrogen) atoms. The van der Waals surface area contributed by atoms with E-state index in [1.54, 1.807) is 0 Å². The highest BCUT2D eigenvalue weighted by Crippen LogP contribution is 2.28. The third-order valence-corrected chi connectivity index (χ3v) is 4.24. The van der Waals surface area contributed by atoms with E-state index in [0.29, 0.717) is 39.1 Å². The van der Waals surface area contributed by atoms with E-state index < -0.39 is 0 Å². The molecule has 1 aromatic heterocycles. The van der Waals surface area contributed by atoms with Crippen molar-refractivity contribution in [2.45, 2.75) is 18.9 Å². The van der Waals surface area contributed by atoms with Gasteiger partial charge in [0.05, 0.1) is 13.2 Å². The molecule has 0 saturated carbocycles. The maximum absolute atomic E-state index is 12.1. The number of carbonyl (C=O) groups is 2. The van der Waals surface area contributed by atoms with E-state index in [9.17, 15) is 9.59 Å². The minimum Gasteiger partial charge on any atom is -0.382 e. The Morgan fingerprint density at radius 1 is 1.35 bits per heavy atom. The number of azide groups is 1. The second kappa shape index (κ2) is 8.37. The smallest absolute Gasteiger partial charge is 0.249 e. The summed E-state index contributed by atoms with van der Waals surface area (Å²) in [6.07, 6.45) is 4.72. The van der Waals surface area contributed by atoms with Gasteiger partial charge in [-0.1, -0.05) is 17.2 Å². The number of aromatic nitrogens is 1. The van der Waals surface area contributed by atoms with Crippen LogP contribution in [0.3, 0.4) is 0 Å². The largest absolute Gasteiger partial charge is 0.382 e. The summed E-state index contributed by atoms with van der Waals surface area (Å²) in [7, 11) is 0. The van der Waals surface area contributed by atoms with Gasteiger partial charge in [-0.15, -0.1) is 0 Å². The zero-order chi connectivity index (χ0) is 18.4. The molecule has 9 heteroatoms. The number of carbonyl (C=O) groups excluding carboxylic acids is 2. The number of benzene rings is 1. The summed E-state index contributed by atoms with van der Waals surface area (Å²) in [6.45, 7) is 1.81. The van der Waals surface area contributed by atoms with Gasteiger partial charge < -0.3 is 14.6 Å². The van der Waals surface area contributed by atoms with Crippen LogP contribution in [0.2, 0.25) is 0 Å². The average molecular weight is 356 g/mol. The van der Waals surface area contributed by atoms with Gasteiger partial charge in [0.2, 0.25) is 11.8 Å². The lowest BCUT2D eigenvalue weighted by Crippen LogP contribution is -2.41. The predicted octanol–water partition coefficient (Wildman–Crippen LogP) is 2.36. The summed E-state index contributed by atoms with van der Waals surface area (Å²) >= 11 is 0. The third kappa shape index (κ3) is 4.14. The second-order valence-corrected chi connectivity index (χ2v) is 5.97. The number of ether oxygens (including phenoxy) is 1. The first-order valence-corrected chi connectivity index (χ1v) is 8.45. The van der Waals surface area contributed by atoms with Crippen molar-refractivity contribution < 1.29 is 14.3 Å². The van der Waals surface area contributed by atoms with Crippen LogP contribution >= 0.6 is 0 Å². The number of amides is 2. The van der Waals surface area contributed by atoms with E-state index in [1.165, 1.54) is 0 Å². The highest BCUT2D eigenvalue weighted by molar-refractivity contribution is 6.00. The molecule has 0 aliphatic carbocycles. The Kier molecular flexibility index (Phi) is 5.73. The van der Waals surface area contributed by atoms with Gasteiger partial charge in [0.1, 0.15) is 6.04 Å². The van der Waals surface area contributed by atoms with Crippen LogP contribution in [-0.4, -0.2) is 42.7 Å². The number of rotatable bonds is 8. The van der Waals surface area contributed by atoms with Crippen LogP contribution < -0.4 is 10.6 Å². The standard InChI is InChI=1S/C17H20N6O3/c18-22-20-7-9-26-8-6-19-14-3-1-2-12-10-23(11-13(12)14)15-4-5-16(24)21-17(15)25/h1-3,10-11,15,19H,4-9H2,(H,21,24,25). The molecule has 9 nitrogen and oxygen atoms in total. The molecule has 2 amide bonds. The van der Waals surface area contributed by atoms with E-state index in [0.717, 1.165) is 16.5 Å². The van der Waals surface area contributed by atoms with Gasteiger partial charge in [0.15, 0.2) is 0 Å². The molecule has 3 rings (SSSR count). The van der Waals surface area contributed by atoms with Crippen LogP contribution in [0.5, 0.6) is 0 Å². The number of fused-ring (bicyclic) bond motifs is 1. The highest BCUT2D eigenvalue weighted by Gasteiger charge is 2.27. The zero-order valence-corrected chi connectivity index (χ0v) is 14.2. The molecule has 0 radical (unpaired) electrons. The topological polar surface area (TPSA) is 121 Å². The van der Waals surface area contributed by atoms with Crippen molar-refractivity contribution in [2.75, 3.05) is 31.6 Å². The number of hydrogen-bond donors (Lipinski definition) is 2. The molecule has 0 bridgehead atoms. The first-order chi connectivity index (χ1) is 12.7. The Hall–Kier alpha value is -3.03. The molecular weight excluding hydrogens is 336 g/mol. The molecular formula is C17H20N6O3. The van der Waals surface area contributed by atoms with Gasteiger partial charge in [-0.05, 0) is 18.0 Å². The molecule has 2 N–H and O–H groups in total. The van der Waals surface area contributed by atoms with E-state index in [2.05, 4.69) is 20.7 Å². The van der Waals surface area contributed by atoms with Gasteiger partial charge in [-0.3, -0.25) is 14.9 Å². The van der Waals surface area contributed by atoms with E-state index in [-0.39, 0.29) is 17.9 Å². The van der Waals surface area contributed by atoms with Gasteiger partial charge >= 0.3 is 0 Å². The fourth-order valence-electron chi connectivity index (χ4n) is 3.00. The number of anilines is 1. The van der Waals surface area contributed by atoms with Gasteiger partial charge in [-0.2, -0.15) is 0 Å². The summed E-state index contributed by atoms with van der Waals surface area (Å²) < 4.78 is 7.25. The Bertz CT molecular complexity index is 855.